The van der Waals surface area contributed by atoms with Crippen LogP contribution in [-0.4, -0.2) is 12.0 Å². The molecule has 0 aliphatic heterocycles. The maximum Gasteiger partial charge on any atom is 0.265 e. The third-order valence-corrected chi connectivity index (χ3v) is 4.05. The zero-order chi connectivity index (χ0) is 16.1. The van der Waals surface area contributed by atoms with Gasteiger partial charge in [-0.25, -0.2) is 0 Å². The van der Waals surface area contributed by atoms with Crippen molar-refractivity contribution in [1.82, 2.24) is 0 Å². The molecule has 116 valence electrons. The number of rotatable bonds is 5. The first-order valence-electron chi connectivity index (χ1n) is 7.29. The quantitative estimate of drug-likeness (QED) is 0.815. The molecule has 0 heterocycles. The van der Waals surface area contributed by atoms with E-state index in [1.54, 1.807) is 6.92 Å². The Morgan fingerprint density at radius 3 is 2.27 bits per heavy atom. The van der Waals surface area contributed by atoms with Gasteiger partial charge in [-0.15, -0.1) is 0 Å². The lowest BCUT2D eigenvalue weighted by atomic mass is 10.0. The van der Waals surface area contributed by atoms with E-state index in [-0.39, 0.29) is 5.91 Å². The van der Waals surface area contributed by atoms with E-state index in [1.807, 2.05) is 48.5 Å². The van der Waals surface area contributed by atoms with E-state index in [1.165, 1.54) is 5.56 Å². The summed E-state index contributed by atoms with van der Waals surface area (Å²) < 4.78 is 6.54. The van der Waals surface area contributed by atoms with E-state index in [0.717, 1.165) is 10.2 Å². The van der Waals surface area contributed by atoms with Gasteiger partial charge in [0.2, 0.25) is 0 Å². The molecule has 0 bridgehead atoms. The average Bonchev–Trinajstić information content (AvgIpc) is 2.50. The summed E-state index contributed by atoms with van der Waals surface area (Å²) in [7, 11) is 0. The minimum absolute atomic E-state index is 0.181. The number of carbonyl (C=O) groups excluding carboxylic acids is 1. The maximum absolute atomic E-state index is 12.2. The van der Waals surface area contributed by atoms with Gasteiger partial charge in [0.1, 0.15) is 5.75 Å². The number of anilines is 1. The molecule has 1 unspecified atom stereocenters. The van der Waals surface area contributed by atoms with Gasteiger partial charge in [-0.05, 0) is 58.6 Å². The van der Waals surface area contributed by atoms with Crippen molar-refractivity contribution in [3.05, 3.63) is 58.6 Å². The molecule has 0 radical (unpaired) electrons. The normalized spacial score (nSPS) is 12.0. The van der Waals surface area contributed by atoms with Gasteiger partial charge < -0.3 is 10.1 Å². The van der Waals surface area contributed by atoms with Crippen molar-refractivity contribution in [3.63, 3.8) is 0 Å². The molecule has 0 saturated carbocycles. The fourth-order valence-electron chi connectivity index (χ4n) is 1.99. The number of carbonyl (C=O) groups is 1. The Bertz CT molecular complexity index is 638. The third-order valence-electron chi connectivity index (χ3n) is 3.36. The summed E-state index contributed by atoms with van der Waals surface area (Å²) in [5.74, 6) is 0.990. The van der Waals surface area contributed by atoms with E-state index < -0.39 is 6.10 Å². The zero-order valence-corrected chi connectivity index (χ0v) is 14.6. The second-order valence-corrected chi connectivity index (χ2v) is 6.31. The molecule has 0 fully saturated rings. The molecule has 0 aliphatic rings. The standard InChI is InChI=1S/C18H20BrNO2/c1-12(2)14-8-10-15(11-9-14)22-13(3)18(21)20-17-7-5-4-6-16(17)19/h4-13H,1-3H3,(H,20,21). The van der Waals surface area contributed by atoms with Crippen molar-refractivity contribution in [3.8, 4) is 5.75 Å². The lowest BCUT2D eigenvalue weighted by Gasteiger charge is -2.16. The van der Waals surface area contributed by atoms with Crippen molar-refractivity contribution in [1.29, 1.82) is 0 Å². The van der Waals surface area contributed by atoms with Crippen LogP contribution < -0.4 is 10.1 Å². The molecule has 0 saturated heterocycles. The summed E-state index contributed by atoms with van der Waals surface area (Å²) in [6.07, 6.45) is -0.572. The summed E-state index contributed by atoms with van der Waals surface area (Å²) >= 11 is 3.41. The lowest BCUT2D eigenvalue weighted by Crippen LogP contribution is -2.30. The molecule has 0 aliphatic carbocycles. The number of amides is 1. The van der Waals surface area contributed by atoms with Gasteiger partial charge in [-0.1, -0.05) is 38.1 Å². The molecule has 1 N–H and O–H groups in total. The SMILES string of the molecule is CC(Oc1ccc(C(C)C)cc1)C(=O)Nc1ccccc1Br. The molecular formula is C18H20BrNO2. The number of benzene rings is 2. The molecule has 2 aromatic carbocycles. The zero-order valence-electron chi connectivity index (χ0n) is 13.0. The molecule has 0 aromatic heterocycles. The first-order chi connectivity index (χ1) is 10.5. The highest BCUT2D eigenvalue weighted by Crippen LogP contribution is 2.22. The van der Waals surface area contributed by atoms with Crippen LogP contribution in [0.1, 0.15) is 32.3 Å². The molecule has 4 heteroatoms. The van der Waals surface area contributed by atoms with Crippen LogP contribution in [0.2, 0.25) is 0 Å². The molecule has 2 rings (SSSR count). The van der Waals surface area contributed by atoms with Gasteiger partial charge in [-0.2, -0.15) is 0 Å². The van der Waals surface area contributed by atoms with Crippen LogP contribution in [0.5, 0.6) is 5.75 Å². The molecular weight excluding hydrogens is 342 g/mol. The van der Waals surface area contributed by atoms with Crippen molar-refractivity contribution in [2.24, 2.45) is 0 Å². The van der Waals surface area contributed by atoms with Crippen LogP contribution in [-0.2, 0) is 4.79 Å². The molecule has 0 spiro atoms. The predicted molar refractivity (Wildman–Crippen MR) is 93.4 cm³/mol. The summed E-state index contributed by atoms with van der Waals surface area (Å²) in [6.45, 7) is 6.02. The predicted octanol–water partition coefficient (Wildman–Crippen LogP) is 4.98. The molecule has 2 aromatic rings. The van der Waals surface area contributed by atoms with Crippen molar-refractivity contribution in [2.75, 3.05) is 5.32 Å². The first kappa shape index (κ1) is 16.6. The fraction of sp³-hybridized carbons (Fsp3) is 0.278. The summed E-state index contributed by atoms with van der Waals surface area (Å²) in [5.41, 5.74) is 1.98. The highest BCUT2D eigenvalue weighted by Gasteiger charge is 2.15. The number of halogens is 1. The van der Waals surface area contributed by atoms with Crippen LogP contribution in [0.15, 0.2) is 53.0 Å². The van der Waals surface area contributed by atoms with Crippen molar-refractivity contribution >= 4 is 27.5 Å². The van der Waals surface area contributed by atoms with E-state index in [9.17, 15) is 4.79 Å². The Morgan fingerprint density at radius 1 is 1.05 bits per heavy atom. The lowest BCUT2D eigenvalue weighted by molar-refractivity contribution is -0.122. The summed E-state index contributed by atoms with van der Waals surface area (Å²) in [4.78, 5) is 12.2. The smallest absolute Gasteiger partial charge is 0.265 e. The number of nitrogens with one attached hydrogen (secondary N) is 1. The van der Waals surface area contributed by atoms with Gasteiger partial charge >= 0.3 is 0 Å². The van der Waals surface area contributed by atoms with Crippen molar-refractivity contribution < 1.29 is 9.53 Å². The summed E-state index contributed by atoms with van der Waals surface area (Å²) in [5, 5.41) is 2.85. The molecule has 1 amide bonds. The number of para-hydroxylation sites is 1. The maximum atomic E-state index is 12.2. The minimum atomic E-state index is -0.572. The number of hydrogen-bond acceptors (Lipinski definition) is 2. The van der Waals surface area contributed by atoms with Gasteiger partial charge in [0.25, 0.3) is 5.91 Å². The highest BCUT2D eigenvalue weighted by atomic mass is 79.9. The largest absolute Gasteiger partial charge is 0.481 e. The Labute approximate surface area is 139 Å². The molecule has 3 nitrogen and oxygen atoms in total. The Kier molecular flexibility index (Phi) is 5.61. The van der Waals surface area contributed by atoms with E-state index in [2.05, 4.69) is 35.1 Å². The number of hydrogen-bond donors (Lipinski definition) is 1. The molecule has 1 atom stereocenters. The van der Waals surface area contributed by atoms with Crippen LogP contribution in [0.4, 0.5) is 5.69 Å². The van der Waals surface area contributed by atoms with Gasteiger partial charge in [-0.3, -0.25) is 4.79 Å². The van der Waals surface area contributed by atoms with E-state index >= 15 is 0 Å². The van der Waals surface area contributed by atoms with Crippen LogP contribution in [0, 0.1) is 0 Å². The number of ether oxygens (including phenoxy) is 1. The van der Waals surface area contributed by atoms with Gasteiger partial charge in [0, 0.05) is 4.47 Å². The second-order valence-electron chi connectivity index (χ2n) is 5.45. The summed E-state index contributed by atoms with van der Waals surface area (Å²) in [6, 6.07) is 15.3. The van der Waals surface area contributed by atoms with E-state index in [0.29, 0.717) is 11.7 Å². The minimum Gasteiger partial charge on any atom is -0.481 e. The van der Waals surface area contributed by atoms with Crippen LogP contribution in [0.3, 0.4) is 0 Å². The Balaban J connectivity index is 1.98. The highest BCUT2D eigenvalue weighted by molar-refractivity contribution is 9.10. The second kappa shape index (κ2) is 7.45. The van der Waals surface area contributed by atoms with Gasteiger partial charge in [0.05, 0.1) is 5.69 Å². The van der Waals surface area contributed by atoms with Crippen LogP contribution in [0.25, 0.3) is 0 Å². The first-order valence-corrected chi connectivity index (χ1v) is 8.08. The third kappa shape index (κ3) is 4.34. The van der Waals surface area contributed by atoms with E-state index in [4.69, 9.17) is 4.74 Å². The average molecular weight is 362 g/mol. The Morgan fingerprint density at radius 2 is 1.68 bits per heavy atom. The van der Waals surface area contributed by atoms with Gasteiger partial charge in [0.15, 0.2) is 6.10 Å². The van der Waals surface area contributed by atoms with Crippen molar-refractivity contribution in [2.45, 2.75) is 32.8 Å². The monoisotopic (exact) mass is 361 g/mol. The Hall–Kier alpha value is -1.81. The fourth-order valence-corrected chi connectivity index (χ4v) is 2.37. The van der Waals surface area contributed by atoms with Crippen LogP contribution >= 0.6 is 15.9 Å². The topological polar surface area (TPSA) is 38.3 Å². The molecule has 22 heavy (non-hydrogen) atoms.